The molecule has 5 nitrogen and oxygen atoms in total. The van der Waals surface area contributed by atoms with Crippen molar-refractivity contribution >= 4 is 21.7 Å². The molecule has 0 aliphatic carbocycles. The van der Waals surface area contributed by atoms with Crippen LogP contribution >= 0.6 is 11.6 Å². The fourth-order valence-electron chi connectivity index (χ4n) is 1.30. The summed E-state index contributed by atoms with van der Waals surface area (Å²) in [5, 5.41) is 4.34. The van der Waals surface area contributed by atoms with Crippen LogP contribution < -0.4 is 0 Å². The molecule has 18 heavy (non-hydrogen) atoms. The summed E-state index contributed by atoms with van der Waals surface area (Å²) in [5.74, 6) is 0.527. The Bertz CT molecular complexity index is 633. The molecule has 0 bridgehead atoms. The predicted octanol–water partition coefficient (Wildman–Crippen LogP) is 2.47. The summed E-state index contributed by atoms with van der Waals surface area (Å²) in [7, 11) is -3.48. The van der Waals surface area contributed by atoms with Gasteiger partial charge in [-0.3, -0.25) is 4.18 Å². The first kappa shape index (κ1) is 13.1. The maximum atomic E-state index is 10.8. The fourth-order valence-corrected chi connectivity index (χ4v) is 1.76. The molecular formula is C11H10ClNO4S. The van der Waals surface area contributed by atoms with Gasteiger partial charge in [-0.05, 0) is 24.3 Å². The number of rotatable bonds is 4. The Hall–Kier alpha value is -1.37. The van der Waals surface area contributed by atoms with Crippen molar-refractivity contribution in [3.63, 3.8) is 0 Å². The van der Waals surface area contributed by atoms with Gasteiger partial charge in [0.15, 0.2) is 5.76 Å². The minimum absolute atomic E-state index is 0.143. The number of aromatic nitrogens is 1. The van der Waals surface area contributed by atoms with E-state index in [2.05, 4.69) is 9.34 Å². The van der Waals surface area contributed by atoms with Crippen molar-refractivity contribution in [2.24, 2.45) is 0 Å². The van der Waals surface area contributed by atoms with Crippen molar-refractivity contribution in [2.75, 3.05) is 6.26 Å². The summed E-state index contributed by atoms with van der Waals surface area (Å²) in [6, 6.07) is 8.64. The molecule has 0 N–H and O–H groups in total. The molecule has 0 atom stereocenters. The van der Waals surface area contributed by atoms with E-state index in [1.54, 1.807) is 30.3 Å². The van der Waals surface area contributed by atoms with Crippen molar-refractivity contribution in [2.45, 2.75) is 6.61 Å². The van der Waals surface area contributed by atoms with Gasteiger partial charge < -0.3 is 4.52 Å². The van der Waals surface area contributed by atoms with Gasteiger partial charge in [-0.2, -0.15) is 8.42 Å². The molecule has 0 saturated heterocycles. The lowest BCUT2D eigenvalue weighted by molar-refractivity contribution is 0.296. The highest BCUT2D eigenvalue weighted by Crippen LogP contribution is 2.22. The summed E-state index contributed by atoms with van der Waals surface area (Å²) in [5.41, 5.74) is 1.21. The lowest BCUT2D eigenvalue weighted by Gasteiger charge is -1.95. The van der Waals surface area contributed by atoms with Crippen molar-refractivity contribution in [3.05, 3.63) is 41.0 Å². The molecule has 0 aliphatic rings. The van der Waals surface area contributed by atoms with Crippen molar-refractivity contribution in [3.8, 4) is 11.3 Å². The van der Waals surface area contributed by atoms with Crippen LogP contribution in [0.25, 0.3) is 11.3 Å². The SMILES string of the molecule is CS(=O)(=O)OCc1cc(-c2ccc(Cl)cc2)on1. The summed E-state index contributed by atoms with van der Waals surface area (Å²) in [6.45, 7) is -0.143. The summed E-state index contributed by atoms with van der Waals surface area (Å²) < 4.78 is 31.3. The molecule has 1 heterocycles. The smallest absolute Gasteiger partial charge is 0.264 e. The van der Waals surface area contributed by atoms with Crippen molar-refractivity contribution in [1.82, 2.24) is 5.16 Å². The highest BCUT2D eigenvalue weighted by Gasteiger charge is 2.09. The zero-order chi connectivity index (χ0) is 13.2. The van der Waals surface area contributed by atoms with E-state index >= 15 is 0 Å². The maximum absolute atomic E-state index is 10.8. The maximum Gasteiger partial charge on any atom is 0.264 e. The molecule has 7 heteroatoms. The minimum atomic E-state index is -3.48. The van der Waals surface area contributed by atoms with E-state index in [4.69, 9.17) is 16.1 Å². The van der Waals surface area contributed by atoms with E-state index in [0.29, 0.717) is 16.5 Å². The molecular weight excluding hydrogens is 278 g/mol. The third-order valence-electron chi connectivity index (χ3n) is 2.11. The second-order valence-electron chi connectivity index (χ2n) is 3.66. The first-order valence-corrected chi connectivity index (χ1v) is 7.19. The van der Waals surface area contributed by atoms with Gasteiger partial charge in [0, 0.05) is 16.7 Å². The molecule has 2 aromatic rings. The first-order chi connectivity index (χ1) is 8.44. The van der Waals surface area contributed by atoms with Crippen LogP contribution in [-0.2, 0) is 20.9 Å². The molecule has 0 saturated carbocycles. The number of benzene rings is 1. The normalized spacial score (nSPS) is 11.7. The Morgan fingerprint density at radius 3 is 2.61 bits per heavy atom. The molecule has 0 aliphatic heterocycles. The highest BCUT2D eigenvalue weighted by atomic mass is 35.5. The lowest BCUT2D eigenvalue weighted by Crippen LogP contribution is -2.02. The molecule has 1 aromatic carbocycles. The van der Waals surface area contributed by atoms with Gasteiger partial charge in [0.2, 0.25) is 0 Å². The zero-order valence-electron chi connectivity index (χ0n) is 9.46. The molecule has 0 radical (unpaired) electrons. The van der Waals surface area contributed by atoms with Crippen LogP contribution in [0.4, 0.5) is 0 Å². The Kier molecular flexibility index (Phi) is 3.70. The van der Waals surface area contributed by atoms with Crippen LogP contribution in [-0.4, -0.2) is 19.8 Å². The second kappa shape index (κ2) is 5.09. The van der Waals surface area contributed by atoms with Crippen LogP contribution in [0.15, 0.2) is 34.9 Å². The monoisotopic (exact) mass is 287 g/mol. The quantitative estimate of drug-likeness (QED) is 0.808. The second-order valence-corrected chi connectivity index (χ2v) is 5.74. The van der Waals surface area contributed by atoms with Crippen LogP contribution in [0.5, 0.6) is 0 Å². The minimum Gasteiger partial charge on any atom is -0.356 e. The average molecular weight is 288 g/mol. The lowest BCUT2D eigenvalue weighted by atomic mass is 10.2. The predicted molar refractivity (Wildman–Crippen MR) is 66.6 cm³/mol. The Morgan fingerprint density at radius 1 is 1.33 bits per heavy atom. The molecule has 1 aromatic heterocycles. The van der Waals surface area contributed by atoms with Crippen LogP contribution in [0.2, 0.25) is 5.02 Å². The fraction of sp³-hybridized carbons (Fsp3) is 0.182. The Labute approximate surface area is 109 Å². The average Bonchev–Trinajstić information content (AvgIpc) is 2.75. The molecule has 2 rings (SSSR count). The van der Waals surface area contributed by atoms with Gasteiger partial charge >= 0.3 is 0 Å². The molecule has 0 unspecified atom stereocenters. The van der Waals surface area contributed by atoms with E-state index in [-0.39, 0.29) is 6.61 Å². The van der Waals surface area contributed by atoms with E-state index in [9.17, 15) is 8.42 Å². The number of hydrogen-bond donors (Lipinski definition) is 0. The number of hydrogen-bond acceptors (Lipinski definition) is 5. The van der Waals surface area contributed by atoms with Crippen LogP contribution in [0, 0.1) is 0 Å². The standard InChI is InChI=1S/C11H10ClNO4S/c1-18(14,15)16-7-10-6-11(17-13-10)8-2-4-9(12)5-3-8/h2-6H,7H2,1H3. The third-order valence-corrected chi connectivity index (χ3v) is 2.91. The number of halogens is 1. The largest absolute Gasteiger partial charge is 0.356 e. The molecule has 0 fully saturated rings. The zero-order valence-corrected chi connectivity index (χ0v) is 11.0. The van der Waals surface area contributed by atoms with Gasteiger partial charge in [-0.25, -0.2) is 0 Å². The van der Waals surface area contributed by atoms with E-state index in [1.165, 1.54) is 0 Å². The van der Waals surface area contributed by atoms with Crippen LogP contribution in [0.1, 0.15) is 5.69 Å². The highest BCUT2D eigenvalue weighted by molar-refractivity contribution is 7.85. The van der Waals surface area contributed by atoms with E-state index < -0.39 is 10.1 Å². The Balaban J connectivity index is 2.13. The topological polar surface area (TPSA) is 69.4 Å². The van der Waals surface area contributed by atoms with Gasteiger partial charge in [0.05, 0.1) is 6.26 Å². The van der Waals surface area contributed by atoms with Gasteiger partial charge in [-0.1, -0.05) is 16.8 Å². The summed E-state index contributed by atoms with van der Waals surface area (Å²) in [4.78, 5) is 0. The van der Waals surface area contributed by atoms with E-state index in [0.717, 1.165) is 11.8 Å². The molecule has 96 valence electrons. The van der Waals surface area contributed by atoms with E-state index in [1.807, 2.05) is 0 Å². The van der Waals surface area contributed by atoms with Gasteiger partial charge in [-0.15, -0.1) is 0 Å². The summed E-state index contributed by atoms with van der Waals surface area (Å²) in [6.07, 6.45) is 0.979. The van der Waals surface area contributed by atoms with Gasteiger partial charge in [0.1, 0.15) is 12.3 Å². The van der Waals surface area contributed by atoms with Crippen molar-refractivity contribution in [1.29, 1.82) is 0 Å². The molecule has 0 amide bonds. The Morgan fingerprint density at radius 2 is 2.00 bits per heavy atom. The molecule has 0 spiro atoms. The number of nitrogens with zero attached hydrogens (tertiary/aromatic N) is 1. The summed E-state index contributed by atoms with van der Waals surface area (Å²) >= 11 is 5.77. The van der Waals surface area contributed by atoms with Crippen molar-refractivity contribution < 1.29 is 17.1 Å². The van der Waals surface area contributed by atoms with Crippen LogP contribution in [0.3, 0.4) is 0 Å². The third kappa shape index (κ3) is 3.56. The van der Waals surface area contributed by atoms with Gasteiger partial charge in [0.25, 0.3) is 10.1 Å². The first-order valence-electron chi connectivity index (χ1n) is 5.00.